The minimum Gasteiger partial charge on any atom is -0.462 e. The van der Waals surface area contributed by atoms with E-state index in [1.807, 2.05) is 13.8 Å². The Balaban J connectivity index is 2.10. The molecule has 1 aromatic carbocycles. The summed E-state index contributed by atoms with van der Waals surface area (Å²) in [4.78, 5) is 37.1. The van der Waals surface area contributed by atoms with Crippen molar-refractivity contribution in [3.05, 3.63) is 45.8 Å². The van der Waals surface area contributed by atoms with E-state index < -0.39 is 5.97 Å². The van der Waals surface area contributed by atoms with Crippen molar-refractivity contribution in [2.45, 2.75) is 34.1 Å². The van der Waals surface area contributed by atoms with Gasteiger partial charge in [0.05, 0.1) is 18.7 Å². The molecule has 0 bridgehead atoms. The molecule has 7 heteroatoms. The fourth-order valence-electron chi connectivity index (χ4n) is 2.64. The highest BCUT2D eigenvalue weighted by Gasteiger charge is 2.22. The maximum atomic E-state index is 12.4. The molecule has 0 saturated heterocycles. The van der Waals surface area contributed by atoms with Gasteiger partial charge in [0.1, 0.15) is 5.00 Å². The molecule has 2 N–H and O–H groups in total. The Labute approximate surface area is 162 Å². The monoisotopic (exact) mass is 388 g/mol. The lowest BCUT2D eigenvalue weighted by atomic mass is 10.1. The van der Waals surface area contributed by atoms with Crippen LogP contribution in [-0.4, -0.2) is 30.8 Å². The molecule has 0 spiro atoms. The van der Waals surface area contributed by atoms with Crippen molar-refractivity contribution < 1.29 is 19.1 Å². The number of aryl methyl sites for hydroxylation is 1. The lowest BCUT2D eigenvalue weighted by Gasteiger charge is -2.09. The van der Waals surface area contributed by atoms with Crippen LogP contribution >= 0.6 is 11.3 Å². The standard InChI is InChI=1S/C20H24N2O4S/c1-5-16-12(3)18(20(25)26-6-2)19(27-16)22-17(24)11-21-15-9-7-8-14(10-15)13(4)23/h7-10,21H,5-6,11H2,1-4H3,(H,22,24). The van der Waals surface area contributed by atoms with Crippen LogP contribution < -0.4 is 10.6 Å². The quantitative estimate of drug-likeness (QED) is 0.526. The summed E-state index contributed by atoms with van der Waals surface area (Å²) >= 11 is 1.39. The van der Waals surface area contributed by atoms with E-state index in [4.69, 9.17) is 4.74 Å². The highest BCUT2D eigenvalue weighted by molar-refractivity contribution is 7.17. The number of anilines is 2. The van der Waals surface area contributed by atoms with Crippen LogP contribution in [0.4, 0.5) is 10.7 Å². The first-order valence-electron chi connectivity index (χ1n) is 8.81. The summed E-state index contributed by atoms with van der Waals surface area (Å²) in [6.45, 7) is 7.40. The van der Waals surface area contributed by atoms with Gasteiger partial charge in [0, 0.05) is 16.1 Å². The highest BCUT2D eigenvalue weighted by Crippen LogP contribution is 2.34. The number of thiophene rings is 1. The second-order valence-electron chi connectivity index (χ2n) is 5.97. The Morgan fingerprint density at radius 1 is 1.19 bits per heavy atom. The number of carbonyl (C=O) groups excluding carboxylic acids is 3. The maximum Gasteiger partial charge on any atom is 0.341 e. The van der Waals surface area contributed by atoms with Crippen LogP contribution in [0, 0.1) is 6.92 Å². The Hall–Kier alpha value is -2.67. The van der Waals surface area contributed by atoms with Crippen LogP contribution in [0.15, 0.2) is 24.3 Å². The molecule has 0 aliphatic rings. The smallest absolute Gasteiger partial charge is 0.341 e. The first-order valence-corrected chi connectivity index (χ1v) is 9.63. The minimum absolute atomic E-state index is 0.0159. The molecule has 0 radical (unpaired) electrons. The van der Waals surface area contributed by atoms with Gasteiger partial charge in [0.25, 0.3) is 0 Å². The highest BCUT2D eigenvalue weighted by atomic mass is 32.1. The molecule has 1 heterocycles. The topological polar surface area (TPSA) is 84.5 Å². The predicted molar refractivity (Wildman–Crippen MR) is 108 cm³/mol. The van der Waals surface area contributed by atoms with Gasteiger partial charge in [-0.25, -0.2) is 4.79 Å². The van der Waals surface area contributed by atoms with E-state index in [0.29, 0.717) is 21.8 Å². The molecule has 1 aromatic heterocycles. The van der Waals surface area contributed by atoms with Gasteiger partial charge in [-0.05, 0) is 44.9 Å². The van der Waals surface area contributed by atoms with Gasteiger partial charge in [-0.3, -0.25) is 9.59 Å². The number of carbonyl (C=O) groups is 3. The zero-order chi connectivity index (χ0) is 20.0. The number of rotatable bonds is 8. The predicted octanol–water partition coefficient (Wildman–Crippen LogP) is 4.05. The van der Waals surface area contributed by atoms with Crippen molar-refractivity contribution in [2.24, 2.45) is 0 Å². The first-order chi connectivity index (χ1) is 12.9. The molecule has 2 aromatic rings. The van der Waals surface area contributed by atoms with Crippen LogP contribution in [0.3, 0.4) is 0 Å². The number of ketones is 1. The molecule has 0 aliphatic heterocycles. The third-order valence-electron chi connectivity index (χ3n) is 4.02. The summed E-state index contributed by atoms with van der Waals surface area (Å²) in [6, 6.07) is 6.96. The van der Waals surface area contributed by atoms with Crippen LogP contribution in [-0.2, 0) is 16.0 Å². The molecule has 0 aliphatic carbocycles. The van der Waals surface area contributed by atoms with E-state index in [-0.39, 0.29) is 24.8 Å². The van der Waals surface area contributed by atoms with Crippen molar-refractivity contribution in [3.63, 3.8) is 0 Å². The Bertz CT molecular complexity index is 858. The van der Waals surface area contributed by atoms with Crippen molar-refractivity contribution in [1.29, 1.82) is 0 Å². The van der Waals surface area contributed by atoms with Crippen molar-refractivity contribution in [2.75, 3.05) is 23.8 Å². The van der Waals surface area contributed by atoms with E-state index in [1.54, 1.807) is 31.2 Å². The zero-order valence-electron chi connectivity index (χ0n) is 16.0. The molecule has 144 valence electrons. The molecule has 27 heavy (non-hydrogen) atoms. The van der Waals surface area contributed by atoms with E-state index in [2.05, 4.69) is 10.6 Å². The number of nitrogens with one attached hydrogen (secondary N) is 2. The summed E-state index contributed by atoms with van der Waals surface area (Å²) in [5.41, 5.74) is 2.52. The fraction of sp³-hybridized carbons (Fsp3) is 0.350. The molecular weight excluding hydrogens is 364 g/mol. The van der Waals surface area contributed by atoms with E-state index in [1.165, 1.54) is 18.3 Å². The second kappa shape index (κ2) is 9.32. The summed E-state index contributed by atoms with van der Waals surface area (Å²) < 4.78 is 5.12. The number of benzene rings is 1. The largest absolute Gasteiger partial charge is 0.462 e. The van der Waals surface area contributed by atoms with Crippen LogP contribution in [0.5, 0.6) is 0 Å². The van der Waals surface area contributed by atoms with Gasteiger partial charge < -0.3 is 15.4 Å². The fourth-order valence-corrected chi connectivity index (χ4v) is 3.79. The van der Waals surface area contributed by atoms with Gasteiger partial charge in [-0.2, -0.15) is 0 Å². The Morgan fingerprint density at radius 2 is 1.93 bits per heavy atom. The minimum atomic E-state index is -0.427. The van der Waals surface area contributed by atoms with Crippen LogP contribution in [0.25, 0.3) is 0 Å². The van der Waals surface area contributed by atoms with E-state index in [0.717, 1.165) is 16.9 Å². The van der Waals surface area contributed by atoms with Crippen LogP contribution in [0.2, 0.25) is 0 Å². The summed E-state index contributed by atoms with van der Waals surface area (Å²) in [5.74, 6) is -0.746. The van der Waals surface area contributed by atoms with Gasteiger partial charge >= 0.3 is 5.97 Å². The average molecular weight is 388 g/mol. The van der Waals surface area contributed by atoms with E-state index in [9.17, 15) is 14.4 Å². The van der Waals surface area contributed by atoms with Crippen molar-refractivity contribution in [1.82, 2.24) is 0 Å². The maximum absolute atomic E-state index is 12.4. The Morgan fingerprint density at radius 3 is 2.56 bits per heavy atom. The van der Waals surface area contributed by atoms with Gasteiger partial charge in [0.15, 0.2) is 5.78 Å². The number of Topliss-reactive ketones (excluding diaryl/α,β-unsaturated/α-hetero) is 1. The number of amides is 1. The molecule has 1 amide bonds. The third-order valence-corrected chi connectivity index (χ3v) is 5.37. The van der Waals surface area contributed by atoms with Gasteiger partial charge in [0.2, 0.25) is 5.91 Å². The summed E-state index contributed by atoms with van der Waals surface area (Å²) in [6.07, 6.45) is 0.773. The average Bonchev–Trinajstić information content (AvgIpc) is 2.95. The molecule has 6 nitrogen and oxygen atoms in total. The SMILES string of the molecule is CCOC(=O)c1c(NC(=O)CNc2cccc(C(C)=O)c2)sc(CC)c1C. The molecule has 0 unspecified atom stereocenters. The molecule has 0 saturated carbocycles. The second-order valence-corrected chi connectivity index (χ2v) is 7.07. The molecular formula is C20H24N2O4S. The summed E-state index contributed by atoms with van der Waals surface area (Å²) in [7, 11) is 0. The number of esters is 1. The number of hydrogen-bond acceptors (Lipinski definition) is 6. The van der Waals surface area contributed by atoms with Crippen LogP contribution in [0.1, 0.15) is 51.9 Å². The molecule has 0 fully saturated rings. The lowest BCUT2D eigenvalue weighted by Crippen LogP contribution is -2.22. The van der Waals surface area contributed by atoms with Crippen molar-refractivity contribution in [3.8, 4) is 0 Å². The summed E-state index contributed by atoms with van der Waals surface area (Å²) in [5, 5.41) is 6.30. The lowest BCUT2D eigenvalue weighted by molar-refractivity contribution is -0.114. The normalized spacial score (nSPS) is 10.4. The van der Waals surface area contributed by atoms with Gasteiger partial charge in [-0.1, -0.05) is 19.1 Å². The van der Waals surface area contributed by atoms with E-state index >= 15 is 0 Å². The molecule has 2 rings (SSSR count). The third kappa shape index (κ3) is 5.17. The van der Waals surface area contributed by atoms with Crippen molar-refractivity contribution >= 4 is 39.7 Å². The molecule has 0 atom stereocenters. The first kappa shape index (κ1) is 20.6. The number of hydrogen-bond donors (Lipinski definition) is 2. The number of ether oxygens (including phenoxy) is 1. The Kier molecular flexibility index (Phi) is 7.12. The van der Waals surface area contributed by atoms with Gasteiger partial charge in [-0.15, -0.1) is 11.3 Å². The zero-order valence-corrected chi connectivity index (χ0v) is 16.8.